The number of pyridine rings is 2. The summed E-state index contributed by atoms with van der Waals surface area (Å²) < 4.78 is 0. The van der Waals surface area contributed by atoms with Crippen LogP contribution >= 0.6 is 0 Å². The molecule has 0 saturated carbocycles. The third-order valence-corrected chi connectivity index (χ3v) is 3.25. The van der Waals surface area contributed by atoms with Crippen LogP contribution in [0, 0.1) is 6.92 Å². The molecule has 3 nitrogen and oxygen atoms in total. The minimum Gasteiger partial charge on any atom is -0.384 e. The molecule has 0 aliphatic heterocycles. The Balaban J connectivity index is 2.14. The first-order valence-electron chi connectivity index (χ1n) is 6.19. The highest BCUT2D eigenvalue weighted by Crippen LogP contribution is 2.28. The van der Waals surface area contributed by atoms with E-state index in [9.17, 15) is 5.11 Å². The van der Waals surface area contributed by atoms with Gasteiger partial charge >= 0.3 is 0 Å². The Labute approximate surface area is 111 Å². The summed E-state index contributed by atoms with van der Waals surface area (Å²) in [6, 6.07) is 11.6. The molecule has 94 valence electrons. The lowest BCUT2D eigenvalue weighted by Crippen LogP contribution is -2.01. The van der Waals surface area contributed by atoms with Gasteiger partial charge in [-0.1, -0.05) is 18.2 Å². The zero-order chi connectivity index (χ0) is 13.2. The van der Waals surface area contributed by atoms with Crippen LogP contribution in [0.5, 0.6) is 0 Å². The highest BCUT2D eigenvalue weighted by Gasteiger charge is 2.13. The van der Waals surface area contributed by atoms with Crippen LogP contribution in [0.15, 0.2) is 55.0 Å². The van der Waals surface area contributed by atoms with E-state index >= 15 is 0 Å². The number of hydrogen-bond acceptors (Lipinski definition) is 3. The van der Waals surface area contributed by atoms with E-state index in [0.29, 0.717) is 0 Å². The van der Waals surface area contributed by atoms with Gasteiger partial charge in [0.1, 0.15) is 6.10 Å². The molecule has 3 aromatic rings. The molecule has 2 aromatic heterocycles. The summed E-state index contributed by atoms with van der Waals surface area (Å²) >= 11 is 0. The summed E-state index contributed by atoms with van der Waals surface area (Å²) in [6.07, 6.45) is 4.61. The molecule has 0 saturated heterocycles. The van der Waals surface area contributed by atoms with Crippen LogP contribution in [0.3, 0.4) is 0 Å². The average molecular weight is 250 g/mol. The molecule has 3 rings (SSSR count). The Morgan fingerprint density at radius 2 is 2.00 bits per heavy atom. The van der Waals surface area contributed by atoms with Crippen molar-refractivity contribution in [2.75, 3.05) is 0 Å². The quantitative estimate of drug-likeness (QED) is 0.760. The second kappa shape index (κ2) is 4.78. The van der Waals surface area contributed by atoms with Crippen LogP contribution in [-0.2, 0) is 0 Å². The number of rotatable bonds is 2. The normalized spacial score (nSPS) is 12.5. The van der Waals surface area contributed by atoms with Gasteiger partial charge in [-0.25, -0.2) is 0 Å². The molecule has 3 heteroatoms. The van der Waals surface area contributed by atoms with Crippen LogP contribution in [-0.4, -0.2) is 15.1 Å². The van der Waals surface area contributed by atoms with Crippen molar-refractivity contribution in [1.29, 1.82) is 0 Å². The molecule has 0 aliphatic carbocycles. The molecule has 0 spiro atoms. The van der Waals surface area contributed by atoms with E-state index in [0.717, 1.165) is 27.6 Å². The zero-order valence-corrected chi connectivity index (χ0v) is 10.6. The van der Waals surface area contributed by atoms with Crippen LogP contribution in [0.2, 0.25) is 0 Å². The van der Waals surface area contributed by atoms with Crippen LogP contribution in [0.1, 0.15) is 22.9 Å². The summed E-state index contributed by atoms with van der Waals surface area (Å²) in [5.74, 6) is 0. The summed E-state index contributed by atoms with van der Waals surface area (Å²) in [5.41, 5.74) is 2.62. The first-order valence-corrected chi connectivity index (χ1v) is 6.19. The Hall–Kier alpha value is -2.26. The number of nitrogens with zero attached hydrogens (tertiary/aromatic N) is 2. The van der Waals surface area contributed by atoms with E-state index in [4.69, 9.17) is 0 Å². The van der Waals surface area contributed by atoms with E-state index in [-0.39, 0.29) is 0 Å². The second-order valence-electron chi connectivity index (χ2n) is 4.58. The average Bonchev–Trinajstić information content (AvgIpc) is 2.46. The monoisotopic (exact) mass is 250 g/mol. The maximum absolute atomic E-state index is 10.6. The van der Waals surface area contributed by atoms with Gasteiger partial charge in [-0.05, 0) is 41.6 Å². The minimum atomic E-state index is -0.658. The third-order valence-electron chi connectivity index (χ3n) is 3.25. The third kappa shape index (κ3) is 2.20. The van der Waals surface area contributed by atoms with Gasteiger partial charge in [-0.3, -0.25) is 9.97 Å². The van der Waals surface area contributed by atoms with Gasteiger partial charge in [0.05, 0.1) is 0 Å². The van der Waals surface area contributed by atoms with Gasteiger partial charge in [0.25, 0.3) is 0 Å². The predicted octanol–water partition coefficient (Wildman–Crippen LogP) is 3.02. The van der Waals surface area contributed by atoms with E-state index in [1.54, 1.807) is 18.6 Å². The minimum absolute atomic E-state index is 0.658. The van der Waals surface area contributed by atoms with E-state index in [1.165, 1.54) is 0 Å². The van der Waals surface area contributed by atoms with Crippen LogP contribution in [0.25, 0.3) is 10.8 Å². The summed E-state index contributed by atoms with van der Waals surface area (Å²) in [7, 11) is 0. The molecule has 1 atom stereocenters. The Kier molecular flexibility index (Phi) is 2.97. The number of aliphatic hydroxyl groups excluding tert-OH is 1. The predicted molar refractivity (Wildman–Crippen MR) is 74.8 cm³/mol. The van der Waals surface area contributed by atoms with Gasteiger partial charge < -0.3 is 5.11 Å². The van der Waals surface area contributed by atoms with Crippen molar-refractivity contribution in [3.8, 4) is 0 Å². The van der Waals surface area contributed by atoms with Gasteiger partial charge in [0.15, 0.2) is 0 Å². The molecule has 2 heterocycles. The Bertz CT molecular complexity index is 719. The largest absolute Gasteiger partial charge is 0.384 e. The maximum Gasteiger partial charge on any atom is 0.105 e. The highest BCUT2D eigenvalue weighted by atomic mass is 16.3. The van der Waals surface area contributed by atoms with Gasteiger partial charge in [-0.15, -0.1) is 0 Å². The molecule has 0 radical (unpaired) electrons. The van der Waals surface area contributed by atoms with Crippen molar-refractivity contribution in [3.05, 3.63) is 71.8 Å². The molecule has 1 N–H and O–H groups in total. The molecule has 0 fully saturated rings. The summed E-state index contributed by atoms with van der Waals surface area (Å²) in [6.45, 7) is 1.92. The van der Waals surface area contributed by atoms with Crippen molar-refractivity contribution in [1.82, 2.24) is 9.97 Å². The number of aryl methyl sites for hydroxylation is 1. The van der Waals surface area contributed by atoms with Crippen molar-refractivity contribution in [2.45, 2.75) is 13.0 Å². The van der Waals surface area contributed by atoms with E-state index < -0.39 is 6.10 Å². The smallest absolute Gasteiger partial charge is 0.105 e. The molecule has 1 unspecified atom stereocenters. The lowest BCUT2D eigenvalue weighted by atomic mass is 9.97. The maximum atomic E-state index is 10.6. The summed E-state index contributed by atoms with van der Waals surface area (Å²) in [4.78, 5) is 8.30. The number of aromatic nitrogens is 2. The van der Waals surface area contributed by atoms with E-state index in [1.807, 2.05) is 43.3 Å². The fraction of sp³-hybridized carbons (Fsp3) is 0.125. The molecular weight excluding hydrogens is 236 g/mol. The fourth-order valence-corrected chi connectivity index (χ4v) is 2.29. The topological polar surface area (TPSA) is 46.0 Å². The zero-order valence-electron chi connectivity index (χ0n) is 10.6. The lowest BCUT2D eigenvalue weighted by molar-refractivity contribution is 0.221. The summed E-state index contributed by atoms with van der Waals surface area (Å²) in [5, 5.41) is 12.6. The second-order valence-corrected chi connectivity index (χ2v) is 4.58. The Morgan fingerprint density at radius 3 is 2.84 bits per heavy atom. The first kappa shape index (κ1) is 11.8. The number of hydrogen-bond donors (Lipinski definition) is 1. The number of aliphatic hydroxyl groups is 1. The fourth-order valence-electron chi connectivity index (χ4n) is 2.29. The number of benzene rings is 1. The lowest BCUT2D eigenvalue weighted by Gasteiger charge is -2.14. The van der Waals surface area contributed by atoms with Crippen LogP contribution < -0.4 is 0 Å². The first-order chi connectivity index (χ1) is 9.25. The SMILES string of the molecule is Cc1cc(C(O)c2cccc3ccncc23)ccn1. The number of fused-ring (bicyclic) bond motifs is 1. The van der Waals surface area contributed by atoms with Gasteiger partial charge in [-0.2, -0.15) is 0 Å². The van der Waals surface area contributed by atoms with Crippen molar-refractivity contribution in [3.63, 3.8) is 0 Å². The van der Waals surface area contributed by atoms with Crippen molar-refractivity contribution >= 4 is 10.8 Å². The van der Waals surface area contributed by atoms with Gasteiger partial charge in [0, 0.05) is 29.7 Å². The molecule has 1 aromatic carbocycles. The van der Waals surface area contributed by atoms with Crippen molar-refractivity contribution < 1.29 is 5.11 Å². The molecule has 0 amide bonds. The van der Waals surface area contributed by atoms with Gasteiger partial charge in [0.2, 0.25) is 0 Å². The molecule has 0 bridgehead atoms. The highest BCUT2D eigenvalue weighted by molar-refractivity contribution is 5.85. The standard InChI is InChI=1S/C16H14N2O/c1-11-9-13(6-8-18-11)16(19)14-4-2-3-12-5-7-17-10-15(12)14/h2-10,16,19H,1H3. The van der Waals surface area contributed by atoms with Crippen LogP contribution in [0.4, 0.5) is 0 Å². The molecular formula is C16H14N2O. The molecule has 19 heavy (non-hydrogen) atoms. The Morgan fingerprint density at radius 1 is 1.11 bits per heavy atom. The van der Waals surface area contributed by atoms with E-state index in [2.05, 4.69) is 9.97 Å². The molecule has 0 aliphatic rings. The van der Waals surface area contributed by atoms with Crippen molar-refractivity contribution in [2.24, 2.45) is 0 Å².